The van der Waals surface area contributed by atoms with Crippen LogP contribution in [0, 0.1) is 29.1 Å². The highest BCUT2D eigenvalue weighted by Gasteiger charge is 2.81. The molecule has 2 aliphatic heterocycles. The van der Waals surface area contributed by atoms with Gasteiger partial charge in [-0.25, -0.2) is 0 Å². The Morgan fingerprint density at radius 2 is 1.35 bits per heavy atom. The molecule has 300 valence electrons. The van der Waals surface area contributed by atoms with E-state index in [0.29, 0.717) is 0 Å². The van der Waals surface area contributed by atoms with Crippen molar-refractivity contribution in [1.29, 1.82) is 0 Å². The Morgan fingerprint density at radius 1 is 0.815 bits per heavy atom. The fraction of sp³-hybridized carbons (Fsp3) is 0.711. The molecule has 2 aliphatic carbocycles. The molecule has 4 rings (SSSR count). The molecule has 0 aromatic carbocycles. The minimum Gasteiger partial charge on any atom is -0.461 e. The van der Waals surface area contributed by atoms with Crippen molar-refractivity contribution >= 4 is 41.8 Å². The first-order chi connectivity index (χ1) is 25.1. The topological polar surface area (TPSA) is 217 Å². The Labute approximate surface area is 314 Å². The molecule has 1 N–H and O–H groups in total. The second-order valence-corrected chi connectivity index (χ2v) is 15.6. The normalized spacial score (nSPS) is 35.5. The molecule has 3 fully saturated rings. The van der Waals surface area contributed by atoms with E-state index in [1.54, 1.807) is 27.7 Å². The zero-order chi connectivity index (χ0) is 40.5. The van der Waals surface area contributed by atoms with Crippen molar-refractivity contribution in [2.75, 3.05) is 13.2 Å². The molecule has 0 amide bonds. The third-order valence-corrected chi connectivity index (χ3v) is 10.3. The van der Waals surface area contributed by atoms with Gasteiger partial charge in [-0.15, -0.1) is 0 Å². The third-order valence-electron chi connectivity index (χ3n) is 10.3. The molecule has 0 aromatic heterocycles. The third kappa shape index (κ3) is 8.49. The molecule has 2 heterocycles. The van der Waals surface area contributed by atoms with E-state index in [0.717, 1.165) is 20.8 Å². The average molecular weight is 765 g/mol. The van der Waals surface area contributed by atoms with Gasteiger partial charge in [0.2, 0.25) is 0 Å². The summed E-state index contributed by atoms with van der Waals surface area (Å²) in [6.45, 7) is 13.9. The Kier molecular flexibility index (Phi) is 12.7. The molecular weight excluding hydrogens is 712 g/mol. The van der Waals surface area contributed by atoms with Gasteiger partial charge in [-0.2, -0.15) is 0 Å². The largest absolute Gasteiger partial charge is 0.461 e. The van der Waals surface area contributed by atoms with Gasteiger partial charge in [0, 0.05) is 46.5 Å². The molecule has 16 heteroatoms. The van der Waals surface area contributed by atoms with E-state index in [9.17, 15) is 38.7 Å². The van der Waals surface area contributed by atoms with Crippen LogP contribution in [0.3, 0.4) is 0 Å². The van der Waals surface area contributed by atoms with Crippen LogP contribution in [0.2, 0.25) is 0 Å². The molecule has 1 spiro atoms. The Balaban J connectivity index is 2.15. The summed E-state index contributed by atoms with van der Waals surface area (Å²) in [4.78, 5) is 91.6. The van der Waals surface area contributed by atoms with Gasteiger partial charge in [0.15, 0.2) is 30.0 Å². The minimum atomic E-state index is -2.44. The average Bonchev–Trinajstić information content (AvgIpc) is 3.78. The number of esters is 7. The van der Waals surface area contributed by atoms with Crippen LogP contribution < -0.4 is 0 Å². The summed E-state index contributed by atoms with van der Waals surface area (Å²) in [7, 11) is 0. The molecule has 0 unspecified atom stereocenters. The highest BCUT2D eigenvalue weighted by atomic mass is 16.7. The first-order valence-corrected chi connectivity index (χ1v) is 18.1. The van der Waals surface area contributed by atoms with Crippen LogP contribution in [0.15, 0.2) is 23.8 Å². The first kappa shape index (κ1) is 42.4. The number of hydrogen-bond donors (Lipinski definition) is 1. The highest BCUT2D eigenvalue weighted by Crippen LogP contribution is 2.63. The SMILES string of the molecule is CC(=O)OCC1=C[C@@H]2OC(=O)[C@H](C)[C@]2(O)[C@@H](OC(C)=O)[C@H]2[C@@]3(CO3)[C@H](OC(=O)CC(C)C)[C@H](OC(=O)CC(C)C)[C@H](OC(C)=O)[C@]2(C)[C@@H](OC(C)=O)C=C1. The zero-order valence-electron chi connectivity index (χ0n) is 32.4. The van der Waals surface area contributed by atoms with E-state index in [1.807, 2.05) is 0 Å². The second-order valence-electron chi connectivity index (χ2n) is 15.6. The quantitative estimate of drug-likeness (QED) is 0.182. The Hall–Kier alpha value is -4.31. The van der Waals surface area contributed by atoms with Crippen molar-refractivity contribution in [1.82, 2.24) is 0 Å². The number of aliphatic hydroxyl groups is 1. The standard InChI is InChI=1S/C38H52O16/c1-18(2)13-28(43)53-30-32(50-23(8)41)36(10)26(49-22(7)40)12-11-25(16-47-21(6)39)15-27-38(46,20(5)35(45)52-27)34(51-24(9)42)31(36)37(17-48-37)33(30)54-29(44)14-19(3)4/h11-12,15,18-20,26-27,30-34,46H,13-14,16-17H2,1-10H3/t20-,26-,27-,30+,31+,32-,33+,34-,36+,37-,38+/m0/s1. The van der Waals surface area contributed by atoms with Crippen molar-refractivity contribution < 1.29 is 76.6 Å². The zero-order valence-corrected chi connectivity index (χ0v) is 32.4. The van der Waals surface area contributed by atoms with E-state index in [1.165, 1.54) is 39.0 Å². The van der Waals surface area contributed by atoms with Crippen LogP contribution in [0.1, 0.15) is 82.1 Å². The predicted octanol–water partition coefficient (Wildman–Crippen LogP) is 2.45. The van der Waals surface area contributed by atoms with E-state index < -0.39 is 107 Å². The van der Waals surface area contributed by atoms with Gasteiger partial charge in [-0.3, -0.25) is 33.6 Å². The number of ether oxygens (including phenoxy) is 8. The summed E-state index contributed by atoms with van der Waals surface area (Å²) >= 11 is 0. The lowest BCUT2D eigenvalue weighted by Crippen LogP contribution is -2.76. The fourth-order valence-electron chi connectivity index (χ4n) is 7.97. The number of rotatable bonds is 11. The summed E-state index contributed by atoms with van der Waals surface area (Å²) in [5.74, 6) is -8.81. The monoisotopic (exact) mass is 764 g/mol. The molecule has 11 atom stereocenters. The molecule has 2 saturated heterocycles. The van der Waals surface area contributed by atoms with Gasteiger partial charge in [-0.05, 0) is 36.5 Å². The number of fused-ring (bicyclic) bond motifs is 3. The van der Waals surface area contributed by atoms with Crippen molar-refractivity contribution in [2.24, 2.45) is 29.1 Å². The number of carbonyl (C=O) groups is 7. The van der Waals surface area contributed by atoms with Crippen molar-refractivity contribution in [2.45, 2.75) is 130 Å². The summed E-state index contributed by atoms with van der Waals surface area (Å²) in [6.07, 6.45) is -5.66. The molecule has 4 aliphatic rings. The lowest BCUT2D eigenvalue weighted by molar-refractivity contribution is -0.280. The Morgan fingerprint density at radius 3 is 1.85 bits per heavy atom. The highest BCUT2D eigenvalue weighted by molar-refractivity contribution is 5.78. The summed E-state index contributed by atoms with van der Waals surface area (Å²) in [5.41, 5.74) is -5.93. The minimum absolute atomic E-state index is 0.0765. The van der Waals surface area contributed by atoms with Crippen LogP contribution in [-0.4, -0.2) is 108 Å². The van der Waals surface area contributed by atoms with Crippen LogP contribution in [0.5, 0.6) is 0 Å². The van der Waals surface area contributed by atoms with Gasteiger partial charge in [0.05, 0.1) is 17.9 Å². The predicted molar refractivity (Wildman–Crippen MR) is 183 cm³/mol. The molecule has 1 saturated carbocycles. The molecule has 16 nitrogen and oxygen atoms in total. The molecule has 0 bridgehead atoms. The van der Waals surface area contributed by atoms with Gasteiger partial charge in [0.25, 0.3) is 0 Å². The van der Waals surface area contributed by atoms with E-state index >= 15 is 0 Å². The number of hydrogen-bond acceptors (Lipinski definition) is 16. The van der Waals surface area contributed by atoms with Gasteiger partial charge in [-0.1, -0.05) is 40.7 Å². The second kappa shape index (κ2) is 16.2. The van der Waals surface area contributed by atoms with Crippen LogP contribution in [0.4, 0.5) is 0 Å². The number of epoxide rings is 1. The van der Waals surface area contributed by atoms with Crippen LogP contribution in [0.25, 0.3) is 0 Å². The van der Waals surface area contributed by atoms with Crippen molar-refractivity contribution in [3.63, 3.8) is 0 Å². The maximum Gasteiger partial charge on any atom is 0.312 e. The molecule has 0 radical (unpaired) electrons. The Bertz CT molecular complexity index is 1570. The summed E-state index contributed by atoms with van der Waals surface area (Å²) < 4.78 is 47.4. The van der Waals surface area contributed by atoms with Gasteiger partial charge >= 0.3 is 41.8 Å². The van der Waals surface area contributed by atoms with Crippen molar-refractivity contribution in [3.05, 3.63) is 23.8 Å². The molecule has 0 aromatic rings. The summed E-state index contributed by atoms with van der Waals surface area (Å²) in [6, 6.07) is 0. The smallest absolute Gasteiger partial charge is 0.312 e. The lowest BCUT2D eigenvalue weighted by Gasteiger charge is -2.59. The number of carbonyl (C=O) groups excluding carboxylic acids is 7. The van der Waals surface area contributed by atoms with E-state index in [4.69, 9.17) is 37.9 Å². The molecular formula is C38H52O16. The van der Waals surface area contributed by atoms with Crippen LogP contribution >= 0.6 is 0 Å². The maximum atomic E-state index is 13.5. The van der Waals surface area contributed by atoms with Gasteiger partial charge in [0.1, 0.15) is 24.4 Å². The maximum absolute atomic E-state index is 13.5. The van der Waals surface area contributed by atoms with Crippen molar-refractivity contribution in [3.8, 4) is 0 Å². The van der Waals surface area contributed by atoms with E-state index in [2.05, 4.69) is 0 Å². The van der Waals surface area contributed by atoms with Gasteiger partial charge < -0.3 is 43.0 Å². The summed E-state index contributed by atoms with van der Waals surface area (Å²) in [5, 5.41) is 13.0. The van der Waals surface area contributed by atoms with E-state index in [-0.39, 0.29) is 43.5 Å². The first-order valence-electron chi connectivity index (χ1n) is 18.1. The van der Waals surface area contributed by atoms with Crippen LogP contribution in [-0.2, 0) is 71.5 Å². The molecule has 54 heavy (non-hydrogen) atoms. The lowest BCUT2D eigenvalue weighted by atomic mass is 9.51. The fourth-order valence-corrected chi connectivity index (χ4v) is 7.97.